The first-order valence-corrected chi connectivity index (χ1v) is 22.6. The second-order valence-corrected chi connectivity index (χ2v) is 17.4. The van der Waals surface area contributed by atoms with Crippen LogP contribution in [0.4, 0.5) is 0 Å². The van der Waals surface area contributed by atoms with Crippen molar-refractivity contribution in [1.29, 1.82) is 0 Å². The predicted octanol–water partition coefficient (Wildman–Crippen LogP) is 16.3. The van der Waals surface area contributed by atoms with E-state index in [-0.39, 0.29) is 0 Å². The minimum absolute atomic E-state index is 0.637. The van der Waals surface area contributed by atoms with E-state index in [1.807, 2.05) is 0 Å². The maximum Gasteiger partial charge on any atom is 0.235 e. The van der Waals surface area contributed by atoms with Gasteiger partial charge in [-0.1, -0.05) is 176 Å². The Hall–Kier alpha value is -8.86. The lowest BCUT2D eigenvalue weighted by Gasteiger charge is -2.14. The summed E-state index contributed by atoms with van der Waals surface area (Å²) in [7, 11) is 0. The molecule has 0 aliphatic heterocycles. The Kier molecular flexibility index (Phi) is 7.95. The molecule has 0 spiro atoms. The number of hydrogen-bond donors (Lipinski definition) is 0. The predicted molar refractivity (Wildman–Crippen MR) is 277 cm³/mol. The third-order valence-electron chi connectivity index (χ3n) is 13.7. The average molecular weight is 839 g/mol. The van der Waals surface area contributed by atoms with E-state index in [4.69, 9.17) is 9.97 Å². The Balaban J connectivity index is 0.945. The number of fused-ring (bicyclic) bond motifs is 11. The maximum absolute atomic E-state index is 5.45. The molecule has 4 nitrogen and oxygen atoms in total. The number of hydrogen-bond acceptors (Lipinski definition) is 2. The molecule has 14 aromatic rings. The summed E-state index contributed by atoms with van der Waals surface area (Å²) in [6.45, 7) is 0. The fraction of sp³-hybridized carbons (Fsp3) is 0. The van der Waals surface area contributed by atoms with Crippen LogP contribution in [0.15, 0.2) is 231 Å². The normalized spacial score (nSPS) is 11.9. The zero-order chi connectivity index (χ0) is 43.3. The van der Waals surface area contributed by atoms with Gasteiger partial charge in [0.05, 0.1) is 33.5 Å². The van der Waals surface area contributed by atoms with Crippen LogP contribution in [0.3, 0.4) is 0 Å². The monoisotopic (exact) mass is 838 g/mol. The van der Waals surface area contributed by atoms with E-state index in [2.05, 4.69) is 240 Å². The molecule has 0 fully saturated rings. The highest BCUT2D eigenvalue weighted by Gasteiger charge is 2.20. The van der Waals surface area contributed by atoms with Crippen molar-refractivity contribution in [2.24, 2.45) is 0 Å². The molecule has 0 aliphatic carbocycles. The third-order valence-corrected chi connectivity index (χ3v) is 13.7. The van der Waals surface area contributed by atoms with Crippen LogP contribution < -0.4 is 0 Å². The first-order chi connectivity index (χ1) is 32.7. The molecule has 0 N–H and O–H groups in total. The molecule has 66 heavy (non-hydrogen) atoms. The number of rotatable bonds is 5. The van der Waals surface area contributed by atoms with Crippen LogP contribution >= 0.6 is 0 Å². The van der Waals surface area contributed by atoms with E-state index in [1.54, 1.807) is 0 Å². The Morgan fingerprint density at radius 1 is 0.258 bits per heavy atom. The first kappa shape index (κ1) is 36.6. The SMILES string of the molecule is c1ccc2c(-c3cc(-c4cccc5ccccc45)nc(-n4c5ccccc5c5cc(-c6ccc7c(c6)c6ccccc6n7-c6ccc7c(ccc8ccccc87)c6)ccc54)n3)cccc2c1. The summed E-state index contributed by atoms with van der Waals surface area (Å²) in [6.07, 6.45) is 0. The van der Waals surface area contributed by atoms with E-state index in [0.29, 0.717) is 5.95 Å². The van der Waals surface area contributed by atoms with Gasteiger partial charge in [-0.05, 0) is 109 Å². The second-order valence-electron chi connectivity index (χ2n) is 17.4. The quantitative estimate of drug-likeness (QED) is 0.162. The highest BCUT2D eigenvalue weighted by Crippen LogP contribution is 2.40. The molecule has 0 aliphatic rings. The number of benzene rings is 11. The smallest absolute Gasteiger partial charge is 0.235 e. The number of para-hydroxylation sites is 2. The Morgan fingerprint density at radius 2 is 0.697 bits per heavy atom. The molecule has 3 heterocycles. The summed E-state index contributed by atoms with van der Waals surface area (Å²) in [4.78, 5) is 10.9. The van der Waals surface area contributed by atoms with Gasteiger partial charge in [-0.3, -0.25) is 4.57 Å². The third kappa shape index (κ3) is 5.58. The lowest BCUT2D eigenvalue weighted by Crippen LogP contribution is -2.04. The zero-order valence-corrected chi connectivity index (χ0v) is 35.7. The van der Waals surface area contributed by atoms with Gasteiger partial charge in [-0.15, -0.1) is 0 Å². The first-order valence-electron chi connectivity index (χ1n) is 22.6. The van der Waals surface area contributed by atoms with Gasteiger partial charge in [0.2, 0.25) is 5.95 Å². The van der Waals surface area contributed by atoms with E-state index < -0.39 is 0 Å². The fourth-order valence-electron chi connectivity index (χ4n) is 10.6. The molecule has 4 heteroatoms. The van der Waals surface area contributed by atoms with Gasteiger partial charge < -0.3 is 4.57 Å². The summed E-state index contributed by atoms with van der Waals surface area (Å²) in [5.74, 6) is 0.637. The number of nitrogens with zero attached hydrogens (tertiary/aromatic N) is 4. The van der Waals surface area contributed by atoms with E-state index in [0.717, 1.165) is 66.3 Å². The second kappa shape index (κ2) is 14.3. The van der Waals surface area contributed by atoms with Gasteiger partial charge in [0.25, 0.3) is 0 Å². The van der Waals surface area contributed by atoms with Crippen molar-refractivity contribution in [3.63, 3.8) is 0 Å². The molecule has 0 saturated heterocycles. The standard InChI is InChI=1S/C62H38N4/c1-5-19-47-39(13-1)16-11-23-50(47)56-38-57(51-24-12-17-40-14-2-6-20-48(40)51)64-62(63-56)66-59-26-10-8-22-53(59)55-37-43(30-34-61(55)66)42-29-33-60-54(36-42)52-21-7-9-25-58(52)65(60)45-31-32-49-44(35-45)28-27-41-15-3-4-18-46(41)49/h1-38H. The summed E-state index contributed by atoms with van der Waals surface area (Å²) >= 11 is 0. The van der Waals surface area contributed by atoms with Crippen molar-refractivity contribution in [3.05, 3.63) is 231 Å². The minimum atomic E-state index is 0.637. The van der Waals surface area contributed by atoms with Crippen LogP contribution in [0.5, 0.6) is 0 Å². The van der Waals surface area contributed by atoms with E-state index in [1.165, 1.54) is 59.7 Å². The van der Waals surface area contributed by atoms with Crippen molar-refractivity contribution in [2.45, 2.75) is 0 Å². The minimum Gasteiger partial charge on any atom is -0.309 e. The number of aromatic nitrogens is 4. The Morgan fingerprint density at radius 3 is 1.30 bits per heavy atom. The van der Waals surface area contributed by atoms with Crippen LogP contribution in [0.2, 0.25) is 0 Å². The molecule has 0 unspecified atom stereocenters. The van der Waals surface area contributed by atoms with Gasteiger partial charge >= 0.3 is 0 Å². The topological polar surface area (TPSA) is 35.6 Å². The lowest BCUT2D eigenvalue weighted by molar-refractivity contribution is 0.997. The molecule has 306 valence electrons. The van der Waals surface area contributed by atoms with Crippen LogP contribution in [-0.4, -0.2) is 19.1 Å². The van der Waals surface area contributed by atoms with Crippen LogP contribution in [0.25, 0.3) is 132 Å². The summed E-state index contributed by atoms with van der Waals surface area (Å²) in [5, 5.41) is 14.5. The Labute approximate surface area is 379 Å². The molecule has 3 aromatic heterocycles. The van der Waals surface area contributed by atoms with Gasteiger partial charge in [0, 0.05) is 38.4 Å². The maximum atomic E-state index is 5.45. The highest BCUT2D eigenvalue weighted by atomic mass is 15.2. The van der Waals surface area contributed by atoms with Crippen LogP contribution in [0.1, 0.15) is 0 Å². The average Bonchev–Trinajstić information content (AvgIpc) is 3.90. The molecule has 0 radical (unpaired) electrons. The van der Waals surface area contributed by atoms with Crippen molar-refractivity contribution in [3.8, 4) is 45.3 Å². The molecule has 0 atom stereocenters. The van der Waals surface area contributed by atoms with Crippen molar-refractivity contribution < 1.29 is 0 Å². The molecule has 0 saturated carbocycles. The van der Waals surface area contributed by atoms with Crippen molar-refractivity contribution >= 4 is 86.7 Å². The van der Waals surface area contributed by atoms with Gasteiger partial charge in [0.1, 0.15) is 0 Å². The van der Waals surface area contributed by atoms with Crippen molar-refractivity contribution in [2.75, 3.05) is 0 Å². The highest BCUT2D eigenvalue weighted by molar-refractivity contribution is 6.14. The molecule has 11 aromatic carbocycles. The largest absolute Gasteiger partial charge is 0.309 e. The van der Waals surface area contributed by atoms with Crippen LogP contribution in [-0.2, 0) is 0 Å². The summed E-state index contributed by atoms with van der Waals surface area (Å²) in [6, 6.07) is 83.4. The van der Waals surface area contributed by atoms with Gasteiger partial charge in [-0.2, -0.15) is 0 Å². The molecular formula is C62H38N4. The van der Waals surface area contributed by atoms with Crippen LogP contribution in [0, 0.1) is 0 Å². The Bertz CT molecular complexity index is 4200. The van der Waals surface area contributed by atoms with Crippen molar-refractivity contribution in [1.82, 2.24) is 19.1 Å². The zero-order valence-electron chi connectivity index (χ0n) is 35.7. The summed E-state index contributed by atoms with van der Waals surface area (Å²) < 4.78 is 4.67. The fourth-order valence-corrected chi connectivity index (χ4v) is 10.6. The molecule has 0 amide bonds. The molecular weight excluding hydrogens is 801 g/mol. The van der Waals surface area contributed by atoms with Gasteiger partial charge in [0.15, 0.2) is 0 Å². The lowest BCUT2D eigenvalue weighted by atomic mass is 9.99. The van der Waals surface area contributed by atoms with E-state index in [9.17, 15) is 0 Å². The molecule has 0 bridgehead atoms. The molecule has 14 rings (SSSR count). The van der Waals surface area contributed by atoms with E-state index >= 15 is 0 Å². The summed E-state index contributed by atoms with van der Waals surface area (Å²) in [5.41, 5.74) is 11.9. The van der Waals surface area contributed by atoms with Gasteiger partial charge in [-0.25, -0.2) is 9.97 Å².